The first-order valence-corrected chi connectivity index (χ1v) is 12.0. The summed E-state index contributed by atoms with van der Waals surface area (Å²) in [5, 5.41) is 14.1. The maximum Gasteiger partial charge on any atom is 0.268 e. The molecule has 1 aromatic heterocycles. The van der Waals surface area contributed by atoms with Gasteiger partial charge >= 0.3 is 0 Å². The van der Waals surface area contributed by atoms with Crippen LogP contribution in [0.1, 0.15) is 41.0 Å². The molecule has 0 bridgehead atoms. The van der Waals surface area contributed by atoms with Crippen LogP contribution in [0.15, 0.2) is 36.4 Å². The Morgan fingerprint density at radius 3 is 2.66 bits per heavy atom. The summed E-state index contributed by atoms with van der Waals surface area (Å²) in [5.41, 5.74) is 2.67. The van der Waals surface area contributed by atoms with E-state index in [2.05, 4.69) is 27.9 Å². The predicted octanol–water partition coefficient (Wildman–Crippen LogP) is 5.24. The van der Waals surface area contributed by atoms with Gasteiger partial charge in [-0.05, 0) is 71.3 Å². The van der Waals surface area contributed by atoms with Crippen molar-refractivity contribution in [1.82, 2.24) is 9.88 Å². The second-order valence-corrected chi connectivity index (χ2v) is 9.86. The maximum atomic E-state index is 13.2. The Labute approximate surface area is 210 Å². The number of carbonyl (C=O) groups is 2. The minimum atomic E-state index is -0.502. The first-order chi connectivity index (χ1) is 15.3. The van der Waals surface area contributed by atoms with Crippen molar-refractivity contribution in [3.05, 3.63) is 63.3 Å². The molecule has 0 fully saturated rings. The molecule has 1 unspecified atom stereocenters. The second kappa shape index (κ2) is 10.9. The fourth-order valence-electron chi connectivity index (χ4n) is 3.58. The van der Waals surface area contributed by atoms with Crippen LogP contribution in [-0.2, 0) is 18.3 Å². The number of halogens is 3. The number of aromatic nitrogens is 1. The van der Waals surface area contributed by atoms with Crippen LogP contribution in [-0.4, -0.2) is 32.6 Å². The van der Waals surface area contributed by atoms with Gasteiger partial charge in [-0.15, -0.1) is 0 Å². The van der Waals surface area contributed by atoms with Crippen LogP contribution in [0.5, 0.6) is 5.75 Å². The summed E-state index contributed by atoms with van der Waals surface area (Å²) < 4.78 is 7.44. The van der Waals surface area contributed by atoms with Gasteiger partial charge in [-0.3, -0.25) is 4.79 Å². The molecule has 6 nitrogen and oxygen atoms in total. The molecule has 0 spiro atoms. The molecule has 170 valence electrons. The van der Waals surface area contributed by atoms with Gasteiger partial charge in [-0.2, -0.15) is 0 Å². The molecule has 0 saturated heterocycles. The van der Waals surface area contributed by atoms with E-state index in [4.69, 9.17) is 27.9 Å². The molecule has 0 saturated carbocycles. The number of aliphatic hydroxyl groups excluding tert-OH is 1. The van der Waals surface area contributed by atoms with Crippen molar-refractivity contribution < 1.29 is 19.4 Å². The van der Waals surface area contributed by atoms with E-state index < -0.39 is 6.04 Å². The molecule has 2 aromatic carbocycles. The number of hydrogen-bond acceptors (Lipinski definition) is 4. The molecule has 3 rings (SSSR count). The topological polar surface area (TPSA) is 80.6 Å². The zero-order chi connectivity index (χ0) is 23.4. The molecule has 0 aliphatic heterocycles. The first kappa shape index (κ1) is 24.8. The molecule has 0 aliphatic rings. The van der Waals surface area contributed by atoms with Crippen molar-refractivity contribution >= 4 is 68.9 Å². The number of hydrogen-bond donors (Lipinski definition) is 2. The Morgan fingerprint density at radius 1 is 1.28 bits per heavy atom. The fourth-order valence-corrected chi connectivity index (χ4v) is 4.45. The molecular formula is C23H23Cl2IN2O4. The van der Waals surface area contributed by atoms with Gasteiger partial charge in [0.15, 0.2) is 0 Å². The number of ether oxygens (including phenoxy) is 1. The normalized spacial score (nSPS) is 13.1. The van der Waals surface area contributed by atoms with E-state index in [0.717, 1.165) is 17.4 Å². The molecular weight excluding hydrogens is 566 g/mol. The molecule has 32 heavy (non-hydrogen) atoms. The third kappa shape index (κ3) is 5.39. The average molecular weight is 589 g/mol. The highest BCUT2D eigenvalue weighted by molar-refractivity contribution is 14.1. The van der Waals surface area contributed by atoms with Crippen molar-refractivity contribution in [2.75, 3.05) is 6.61 Å². The lowest BCUT2D eigenvalue weighted by molar-refractivity contribution is -0.107. The Hall–Kier alpha value is -1.81. The van der Waals surface area contributed by atoms with Crippen molar-refractivity contribution in [2.24, 2.45) is 7.05 Å². The summed E-state index contributed by atoms with van der Waals surface area (Å²) in [6.45, 7) is 1.77. The van der Waals surface area contributed by atoms with E-state index in [1.54, 1.807) is 41.9 Å². The number of rotatable bonds is 9. The Bertz CT molecular complexity index is 1150. The maximum absolute atomic E-state index is 13.2. The minimum Gasteiger partial charge on any atom is -0.479 e. The van der Waals surface area contributed by atoms with Gasteiger partial charge in [0.25, 0.3) is 5.91 Å². The molecule has 0 radical (unpaired) electrons. The number of fused-ring (bicyclic) bond motifs is 1. The molecule has 1 heterocycles. The summed E-state index contributed by atoms with van der Waals surface area (Å²) in [6.07, 6.45) is 1.35. The van der Waals surface area contributed by atoms with Crippen LogP contribution in [0.4, 0.5) is 0 Å². The smallest absolute Gasteiger partial charge is 0.268 e. The molecule has 1 amide bonds. The zero-order valence-corrected chi connectivity index (χ0v) is 21.2. The van der Waals surface area contributed by atoms with Crippen LogP contribution in [0.3, 0.4) is 0 Å². The Kier molecular flexibility index (Phi) is 8.43. The molecule has 3 aromatic rings. The van der Waals surface area contributed by atoms with Crippen LogP contribution >= 0.6 is 45.8 Å². The number of alkyl halides is 1. The van der Waals surface area contributed by atoms with E-state index in [9.17, 15) is 14.7 Å². The van der Waals surface area contributed by atoms with E-state index in [1.807, 2.05) is 13.0 Å². The summed E-state index contributed by atoms with van der Waals surface area (Å²) >= 11 is 15.1. The van der Waals surface area contributed by atoms with Crippen molar-refractivity contribution in [3.63, 3.8) is 0 Å². The number of aldehydes is 1. The second-order valence-electron chi connectivity index (χ2n) is 7.32. The summed E-state index contributed by atoms with van der Waals surface area (Å²) in [7, 11) is 1.79. The van der Waals surface area contributed by atoms with Gasteiger partial charge in [0.05, 0.1) is 16.6 Å². The highest BCUT2D eigenvalue weighted by atomic mass is 127. The number of nitrogens with one attached hydrogen (secondary N) is 1. The molecule has 2 atom stereocenters. The third-order valence-electron chi connectivity index (χ3n) is 5.13. The monoisotopic (exact) mass is 588 g/mol. The fraction of sp³-hybridized carbons (Fsp3) is 0.304. The first-order valence-electron chi connectivity index (χ1n) is 9.99. The lowest BCUT2D eigenvalue weighted by atomic mass is 10.0. The number of aryl methyl sites for hydroxylation is 1. The summed E-state index contributed by atoms with van der Waals surface area (Å²) in [5.74, 6) is 0.231. The van der Waals surface area contributed by atoms with E-state index in [0.29, 0.717) is 32.4 Å². The predicted molar refractivity (Wildman–Crippen MR) is 135 cm³/mol. The van der Waals surface area contributed by atoms with Crippen LogP contribution in [0, 0.1) is 0 Å². The third-order valence-corrected chi connectivity index (χ3v) is 6.10. The van der Waals surface area contributed by atoms with Gasteiger partial charge in [0.2, 0.25) is 0 Å². The van der Waals surface area contributed by atoms with Crippen molar-refractivity contribution in [1.29, 1.82) is 0 Å². The van der Waals surface area contributed by atoms with Crippen molar-refractivity contribution in [3.8, 4) is 5.75 Å². The largest absolute Gasteiger partial charge is 0.479 e. The molecule has 9 heteroatoms. The van der Waals surface area contributed by atoms with Gasteiger partial charge in [0.1, 0.15) is 21.8 Å². The SMILES string of the molecule is CC(I)Oc1ccc2c(cc(C(=O)N[C@H](CCO)c3ccc(CC=O)cc3Cl)n2C)c1Cl. The lowest BCUT2D eigenvalue weighted by Gasteiger charge is -2.20. The zero-order valence-electron chi connectivity index (χ0n) is 17.6. The molecule has 2 N–H and O–H groups in total. The van der Waals surface area contributed by atoms with Crippen LogP contribution in [0.25, 0.3) is 10.9 Å². The Morgan fingerprint density at radius 2 is 2.03 bits per heavy atom. The number of amides is 1. The van der Waals surface area contributed by atoms with Gasteiger partial charge in [-0.1, -0.05) is 35.3 Å². The van der Waals surface area contributed by atoms with Crippen molar-refractivity contribution in [2.45, 2.75) is 29.9 Å². The van der Waals surface area contributed by atoms with Gasteiger partial charge in [0, 0.05) is 30.5 Å². The number of aliphatic hydroxyl groups is 1. The minimum absolute atomic E-state index is 0.0593. The number of nitrogens with zero attached hydrogens (tertiary/aromatic N) is 1. The highest BCUT2D eigenvalue weighted by Crippen LogP contribution is 2.36. The highest BCUT2D eigenvalue weighted by Gasteiger charge is 2.22. The lowest BCUT2D eigenvalue weighted by Crippen LogP contribution is -2.30. The Balaban J connectivity index is 1.92. The van der Waals surface area contributed by atoms with Gasteiger partial charge in [-0.25, -0.2) is 0 Å². The standard InChI is InChI=1S/C23H23Cl2IN2O4/c1-13(26)32-21-6-5-19-16(22(21)25)12-20(28(19)2)23(31)27-18(8-10-30)15-4-3-14(7-9-29)11-17(15)24/h3-6,9,11-13,18,30H,7-8,10H2,1-2H3,(H,27,31)/t13?,18-/m1/s1. The number of carbonyl (C=O) groups excluding carboxylic acids is 2. The van der Waals surface area contributed by atoms with E-state index in [1.165, 1.54) is 0 Å². The van der Waals surface area contributed by atoms with Crippen LogP contribution < -0.4 is 10.1 Å². The van der Waals surface area contributed by atoms with Gasteiger partial charge < -0.3 is 24.5 Å². The average Bonchev–Trinajstić information content (AvgIpc) is 3.07. The summed E-state index contributed by atoms with van der Waals surface area (Å²) in [4.78, 5) is 23.9. The quantitative estimate of drug-likeness (QED) is 0.203. The van der Waals surface area contributed by atoms with Crippen LogP contribution in [0.2, 0.25) is 10.0 Å². The number of benzene rings is 2. The molecule has 0 aliphatic carbocycles. The van der Waals surface area contributed by atoms with E-state index in [-0.39, 0.29) is 29.5 Å². The van der Waals surface area contributed by atoms with E-state index >= 15 is 0 Å². The summed E-state index contributed by atoms with van der Waals surface area (Å²) in [6, 6.07) is 10.1.